The second kappa shape index (κ2) is 9.63. The van der Waals surface area contributed by atoms with E-state index in [2.05, 4.69) is 73.9 Å². The van der Waals surface area contributed by atoms with Crippen molar-refractivity contribution in [2.75, 3.05) is 0 Å². The van der Waals surface area contributed by atoms with E-state index in [9.17, 15) is 9.90 Å². The third kappa shape index (κ3) is 4.21. The van der Waals surface area contributed by atoms with Gasteiger partial charge < -0.3 is 5.11 Å². The van der Waals surface area contributed by atoms with Crippen LogP contribution in [0.4, 0.5) is 0 Å². The van der Waals surface area contributed by atoms with Gasteiger partial charge in [0, 0.05) is 12.3 Å². The monoisotopic (exact) mass is 464 g/mol. The first-order chi connectivity index (χ1) is 17.0. The highest BCUT2D eigenvalue weighted by Gasteiger charge is 2.56. The largest absolute Gasteiger partial charge is 0.393 e. The molecule has 0 saturated heterocycles. The molecule has 4 aliphatic carbocycles. The van der Waals surface area contributed by atoms with Crippen molar-refractivity contribution >= 4 is 5.78 Å². The number of allylic oxidation sites excluding steroid dienone is 4. The standard InChI is InChI=1S/C30H32O2.C3H4/c1-30-18-26(21-9-7-20(8-10-21)19-5-3-2-4-6-19)29-24-14-12-23(31)17-22(24)11-13-25(29)27(30)15-16-28(30)32;1-3-2/h2-10,17,25-28,32H,11-16,18H2,1H3;1H,2H3. The van der Waals surface area contributed by atoms with E-state index in [0.717, 1.165) is 38.5 Å². The molecule has 0 aliphatic heterocycles. The van der Waals surface area contributed by atoms with Gasteiger partial charge in [0.15, 0.2) is 5.78 Å². The third-order valence-corrected chi connectivity index (χ3v) is 9.10. The lowest BCUT2D eigenvalue weighted by molar-refractivity contribution is -0.114. The van der Waals surface area contributed by atoms with Crippen molar-refractivity contribution < 1.29 is 9.90 Å². The van der Waals surface area contributed by atoms with Crippen molar-refractivity contribution in [3.63, 3.8) is 0 Å². The van der Waals surface area contributed by atoms with Crippen LogP contribution in [0.1, 0.15) is 70.3 Å². The Morgan fingerprint density at radius 2 is 1.63 bits per heavy atom. The van der Waals surface area contributed by atoms with Crippen molar-refractivity contribution in [3.05, 3.63) is 83.0 Å². The molecule has 2 nitrogen and oxygen atoms in total. The van der Waals surface area contributed by atoms with E-state index in [1.54, 1.807) is 12.5 Å². The maximum Gasteiger partial charge on any atom is 0.156 e. The average molecular weight is 465 g/mol. The van der Waals surface area contributed by atoms with Gasteiger partial charge in [-0.3, -0.25) is 4.79 Å². The molecule has 5 unspecified atom stereocenters. The number of aliphatic hydroxyl groups is 1. The molecular weight excluding hydrogens is 428 g/mol. The van der Waals surface area contributed by atoms with Gasteiger partial charge in [-0.2, -0.15) is 0 Å². The Kier molecular flexibility index (Phi) is 6.56. The maximum atomic E-state index is 12.1. The number of terminal acetylenes is 1. The molecule has 2 aromatic carbocycles. The van der Waals surface area contributed by atoms with E-state index >= 15 is 0 Å². The van der Waals surface area contributed by atoms with Gasteiger partial charge in [-0.1, -0.05) is 67.1 Å². The molecule has 1 N–H and O–H groups in total. The number of rotatable bonds is 2. The second-order valence-electron chi connectivity index (χ2n) is 11.0. The molecule has 5 atom stereocenters. The van der Waals surface area contributed by atoms with Crippen molar-refractivity contribution in [3.8, 4) is 23.5 Å². The van der Waals surface area contributed by atoms with Gasteiger partial charge in [0.2, 0.25) is 0 Å². The normalized spacial score (nSPS) is 31.3. The number of aliphatic hydroxyl groups excluding tert-OH is 1. The first-order valence-corrected chi connectivity index (χ1v) is 13.1. The zero-order valence-electron chi connectivity index (χ0n) is 21.0. The minimum absolute atomic E-state index is 0.0107. The van der Waals surface area contributed by atoms with Gasteiger partial charge in [-0.25, -0.2) is 0 Å². The van der Waals surface area contributed by atoms with E-state index in [0.29, 0.717) is 30.0 Å². The molecule has 2 heteroatoms. The highest BCUT2D eigenvalue weighted by Crippen LogP contribution is 2.63. The molecule has 2 fully saturated rings. The van der Waals surface area contributed by atoms with E-state index in [-0.39, 0.29) is 11.5 Å². The van der Waals surface area contributed by atoms with Gasteiger partial charge in [-0.15, -0.1) is 12.3 Å². The van der Waals surface area contributed by atoms with Crippen molar-refractivity contribution in [2.24, 2.45) is 17.3 Å². The minimum Gasteiger partial charge on any atom is -0.393 e. The Morgan fingerprint density at radius 3 is 2.34 bits per heavy atom. The molecular formula is C33H36O2. The van der Waals surface area contributed by atoms with Crippen LogP contribution in [0.25, 0.3) is 11.1 Å². The average Bonchev–Trinajstić information content (AvgIpc) is 3.18. The Labute approximate surface area is 210 Å². The van der Waals surface area contributed by atoms with Crippen LogP contribution in [0.15, 0.2) is 77.4 Å². The van der Waals surface area contributed by atoms with E-state index < -0.39 is 0 Å². The molecule has 0 amide bonds. The summed E-state index contributed by atoms with van der Waals surface area (Å²) in [6, 6.07) is 19.7. The number of carbonyl (C=O) groups excluding carboxylic acids is 1. The summed E-state index contributed by atoms with van der Waals surface area (Å²) >= 11 is 0. The first-order valence-electron chi connectivity index (χ1n) is 13.1. The molecule has 0 heterocycles. The lowest BCUT2D eigenvalue weighted by Crippen LogP contribution is -2.45. The lowest BCUT2D eigenvalue weighted by Gasteiger charge is -2.52. The zero-order valence-corrected chi connectivity index (χ0v) is 21.0. The summed E-state index contributed by atoms with van der Waals surface area (Å²) in [7, 11) is 0. The fraction of sp³-hybridized carbons (Fsp3) is 0.424. The van der Waals surface area contributed by atoms with E-state index in [4.69, 9.17) is 0 Å². The summed E-state index contributed by atoms with van der Waals surface area (Å²) in [6.45, 7) is 4.00. The summed E-state index contributed by atoms with van der Waals surface area (Å²) in [4.78, 5) is 12.1. The number of benzene rings is 2. The van der Waals surface area contributed by atoms with Crippen molar-refractivity contribution in [2.45, 2.75) is 70.8 Å². The fourth-order valence-electron chi connectivity index (χ4n) is 7.47. The SMILES string of the molecule is C#CC.CC12CC(c3ccc(-c4ccccc4)cc3)C3=C4CCC(=O)C=C4CCC3C1CCC2O. The van der Waals surface area contributed by atoms with Crippen LogP contribution in [0.5, 0.6) is 0 Å². The van der Waals surface area contributed by atoms with Crippen molar-refractivity contribution in [1.29, 1.82) is 0 Å². The Bertz CT molecular complexity index is 1190. The summed E-state index contributed by atoms with van der Waals surface area (Å²) in [5.41, 5.74) is 8.25. The minimum atomic E-state index is -0.199. The number of carbonyl (C=O) groups is 1. The van der Waals surface area contributed by atoms with Crippen LogP contribution in [0.3, 0.4) is 0 Å². The van der Waals surface area contributed by atoms with Gasteiger partial charge in [0.25, 0.3) is 0 Å². The molecule has 0 radical (unpaired) electrons. The molecule has 2 saturated carbocycles. The zero-order chi connectivity index (χ0) is 24.6. The molecule has 2 aromatic rings. The first kappa shape index (κ1) is 23.8. The van der Waals surface area contributed by atoms with E-state index in [1.807, 2.05) is 6.08 Å². The van der Waals surface area contributed by atoms with Crippen LogP contribution in [0.2, 0.25) is 0 Å². The van der Waals surface area contributed by atoms with Crippen LogP contribution < -0.4 is 0 Å². The predicted molar refractivity (Wildman–Crippen MR) is 143 cm³/mol. The Balaban J connectivity index is 0.000000806. The summed E-state index contributed by atoms with van der Waals surface area (Å²) in [5.74, 6) is 4.00. The van der Waals surface area contributed by atoms with Gasteiger partial charge >= 0.3 is 0 Å². The molecule has 6 rings (SSSR count). The summed E-state index contributed by atoms with van der Waals surface area (Å²) in [6.07, 6.45) is 13.1. The summed E-state index contributed by atoms with van der Waals surface area (Å²) < 4.78 is 0. The van der Waals surface area contributed by atoms with Gasteiger partial charge in [-0.05, 0) is 96.6 Å². The quantitative estimate of drug-likeness (QED) is 0.475. The second-order valence-corrected chi connectivity index (χ2v) is 11.0. The maximum absolute atomic E-state index is 12.1. The van der Waals surface area contributed by atoms with E-state index in [1.165, 1.54) is 27.8 Å². The number of ketones is 1. The fourth-order valence-corrected chi connectivity index (χ4v) is 7.47. The topological polar surface area (TPSA) is 37.3 Å². The van der Waals surface area contributed by atoms with Crippen molar-refractivity contribution in [1.82, 2.24) is 0 Å². The molecule has 0 spiro atoms. The predicted octanol–water partition coefficient (Wildman–Crippen LogP) is 7.25. The summed E-state index contributed by atoms with van der Waals surface area (Å²) in [5, 5.41) is 11.0. The number of fused-ring (bicyclic) bond motifs is 4. The molecule has 0 bridgehead atoms. The number of hydrogen-bond acceptors (Lipinski definition) is 2. The highest BCUT2D eigenvalue weighted by atomic mass is 16.3. The van der Waals surface area contributed by atoms with Crippen LogP contribution in [-0.4, -0.2) is 17.0 Å². The molecule has 0 aromatic heterocycles. The molecule has 4 aliphatic rings. The van der Waals surface area contributed by atoms with Gasteiger partial charge in [0.1, 0.15) is 0 Å². The Hall–Kier alpha value is -2.89. The van der Waals surface area contributed by atoms with Crippen LogP contribution in [0, 0.1) is 29.6 Å². The third-order valence-electron chi connectivity index (χ3n) is 9.10. The Morgan fingerprint density at radius 1 is 0.943 bits per heavy atom. The highest BCUT2D eigenvalue weighted by molar-refractivity contribution is 5.93. The lowest BCUT2D eigenvalue weighted by atomic mass is 9.53. The smallest absolute Gasteiger partial charge is 0.156 e. The van der Waals surface area contributed by atoms with Gasteiger partial charge in [0.05, 0.1) is 6.10 Å². The van der Waals surface area contributed by atoms with Crippen LogP contribution in [-0.2, 0) is 4.79 Å². The number of hydrogen-bond donors (Lipinski definition) is 1. The molecule has 35 heavy (non-hydrogen) atoms. The van der Waals surface area contributed by atoms with Crippen LogP contribution >= 0.6 is 0 Å². The molecule has 180 valence electrons.